The van der Waals surface area contributed by atoms with E-state index in [4.69, 9.17) is 4.74 Å². The van der Waals surface area contributed by atoms with Crippen LogP contribution >= 0.6 is 15.9 Å². The summed E-state index contributed by atoms with van der Waals surface area (Å²) in [5.74, 6) is 0.652. The fourth-order valence-corrected chi connectivity index (χ4v) is 2.08. The van der Waals surface area contributed by atoms with Gasteiger partial charge in [0.1, 0.15) is 11.6 Å². The number of benzene rings is 2. The van der Waals surface area contributed by atoms with Crippen molar-refractivity contribution in [1.29, 1.82) is 0 Å². The summed E-state index contributed by atoms with van der Waals surface area (Å²) in [6.07, 6.45) is 3.18. The van der Waals surface area contributed by atoms with Crippen LogP contribution in [0.4, 0.5) is 4.39 Å². The summed E-state index contributed by atoms with van der Waals surface area (Å²) in [6, 6.07) is 10.9. The van der Waals surface area contributed by atoms with Gasteiger partial charge in [-0.3, -0.25) is 4.79 Å². The first kappa shape index (κ1) is 24.1. The Morgan fingerprint density at radius 1 is 1.12 bits per heavy atom. The Labute approximate surface area is 165 Å². The van der Waals surface area contributed by atoms with Gasteiger partial charge in [0.25, 0.3) is 0 Å². The molecule has 0 atom stereocenters. The van der Waals surface area contributed by atoms with Crippen molar-refractivity contribution in [3.05, 3.63) is 63.4 Å². The first-order chi connectivity index (χ1) is 12.4. The monoisotopic (exact) mass is 425 g/mol. The van der Waals surface area contributed by atoms with Gasteiger partial charge < -0.3 is 10.1 Å². The second-order valence-electron chi connectivity index (χ2n) is 5.71. The third-order valence-electron chi connectivity index (χ3n) is 3.45. The van der Waals surface area contributed by atoms with Crippen molar-refractivity contribution in [2.45, 2.75) is 47.1 Å². The van der Waals surface area contributed by atoms with Gasteiger partial charge in [-0.05, 0) is 43.2 Å². The third-order valence-corrected chi connectivity index (χ3v) is 3.95. The lowest BCUT2D eigenvalue weighted by Crippen LogP contribution is -2.10. The molecule has 2 rings (SSSR count). The number of hydrogen-bond donors (Lipinski definition) is 1. The summed E-state index contributed by atoms with van der Waals surface area (Å²) in [6.45, 7) is 8.68. The van der Waals surface area contributed by atoms with Crippen LogP contribution in [0.3, 0.4) is 0 Å². The molecule has 1 amide bonds. The average molecular weight is 426 g/mol. The lowest BCUT2D eigenvalue weighted by atomic mass is 10.1. The number of hydrogen-bond acceptors (Lipinski definition) is 2. The highest BCUT2D eigenvalue weighted by atomic mass is 79.9. The lowest BCUT2D eigenvalue weighted by molar-refractivity contribution is -0.109. The summed E-state index contributed by atoms with van der Waals surface area (Å²) < 4.78 is 18.8. The molecule has 0 aromatic heterocycles. The fraction of sp³-hybridized carbons (Fsp3) is 0.381. The molecule has 2 aromatic rings. The summed E-state index contributed by atoms with van der Waals surface area (Å²) >= 11 is 3.13. The maximum atomic E-state index is 13.0. The van der Waals surface area contributed by atoms with Crippen molar-refractivity contribution in [1.82, 2.24) is 5.32 Å². The Hall–Kier alpha value is -1.88. The number of carbonyl (C=O) groups excluding carboxylic acids is 1. The number of rotatable bonds is 5. The highest BCUT2D eigenvalue weighted by Gasteiger charge is 2.00. The molecule has 0 saturated heterocycles. The number of nitrogens with one attached hydrogen (secondary N) is 1. The lowest BCUT2D eigenvalue weighted by Gasteiger charge is -2.03. The predicted octanol–water partition coefficient (Wildman–Crippen LogP) is 5.95. The minimum absolute atomic E-state index is 0.225. The van der Waals surface area contributed by atoms with Crippen LogP contribution in [0.2, 0.25) is 0 Å². The smallest absolute Gasteiger partial charge is 0.207 e. The zero-order valence-corrected chi connectivity index (χ0v) is 17.8. The molecule has 0 bridgehead atoms. The summed E-state index contributed by atoms with van der Waals surface area (Å²) in [5.41, 5.74) is 2.90. The standard InChI is InChI=1S/C9H12O.C8H7BrFNO.C4H10/c1-7-4-5-8(2)9(6-7)10-3;9-7-2-1-6(4-11-5-12)8(10)3-7;1-3-4-2/h4-6H,1-3H3;1-3,5H,4H2,(H,11,12);3-4H2,1-2H3. The molecular formula is C21H29BrFNO2. The van der Waals surface area contributed by atoms with Crippen LogP contribution in [0.15, 0.2) is 40.9 Å². The van der Waals surface area contributed by atoms with E-state index in [1.807, 2.05) is 13.0 Å². The van der Waals surface area contributed by atoms with E-state index in [1.54, 1.807) is 19.2 Å². The predicted molar refractivity (Wildman–Crippen MR) is 110 cm³/mol. The fourth-order valence-electron chi connectivity index (χ4n) is 1.74. The molecule has 5 heteroatoms. The SMILES string of the molecule is CCCC.COc1cc(C)ccc1C.O=CNCc1ccc(Br)cc1F. The Morgan fingerprint density at radius 2 is 1.77 bits per heavy atom. The summed E-state index contributed by atoms with van der Waals surface area (Å²) in [5, 5.41) is 2.39. The van der Waals surface area contributed by atoms with Crippen molar-refractivity contribution >= 4 is 22.3 Å². The zero-order valence-electron chi connectivity index (χ0n) is 16.2. The minimum atomic E-state index is -0.321. The number of amides is 1. The average Bonchev–Trinajstić information content (AvgIpc) is 2.64. The van der Waals surface area contributed by atoms with E-state index in [1.165, 1.54) is 30.0 Å². The van der Waals surface area contributed by atoms with Crippen molar-refractivity contribution in [2.24, 2.45) is 0 Å². The van der Waals surface area contributed by atoms with E-state index in [2.05, 4.69) is 54.2 Å². The molecule has 0 unspecified atom stereocenters. The van der Waals surface area contributed by atoms with Crippen molar-refractivity contribution in [3.63, 3.8) is 0 Å². The Bertz CT molecular complexity index is 660. The van der Waals surface area contributed by atoms with E-state index in [-0.39, 0.29) is 12.4 Å². The maximum Gasteiger partial charge on any atom is 0.207 e. The van der Waals surface area contributed by atoms with Gasteiger partial charge in [0, 0.05) is 16.6 Å². The molecule has 0 radical (unpaired) electrons. The van der Waals surface area contributed by atoms with Crippen LogP contribution in [-0.4, -0.2) is 13.5 Å². The van der Waals surface area contributed by atoms with Gasteiger partial charge in [-0.2, -0.15) is 0 Å². The van der Waals surface area contributed by atoms with E-state index in [9.17, 15) is 9.18 Å². The zero-order chi connectivity index (χ0) is 19.9. The van der Waals surface area contributed by atoms with Gasteiger partial charge in [-0.25, -0.2) is 4.39 Å². The second kappa shape index (κ2) is 14.3. The maximum absolute atomic E-state index is 13.0. The van der Waals surface area contributed by atoms with Crippen molar-refractivity contribution in [3.8, 4) is 5.75 Å². The highest BCUT2D eigenvalue weighted by Crippen LogP contribution is 2.17. The molecule has 0 aliphatic carbocycles. The Balaban J connectivity index is 0.000000405. The van der Waals surface area contributed by atoms with Gasteiger partial charge >= 0.3 is 0 Å². The van der Waals surface area contributed by atoms with Crippen LogP contribution < -0.4 is 10.1 Å². The van der Waals surface area contributed by atoms with Gasteiger partial charge in [-0.15, -0.1) is 0 Å². The van der Waals surface area contributed by atoms with Crippen molar-refractivity contribution in [2.75, 3.05) is 7.11 Å². The molecule has 0 fully saturated rings. The van der Waals surface area contributed by atoms with Gasteiger partial charge in [-0.1, -0.05) is 60.8 Å². The first-order valence-electron chi connectivity index (χ1n) is 8.61. The van der Waals surface area contributed by atoms with Crippen LogP contribution in [0.5, 0.6) is 5.75 Å². The number of halogens is 2. The molecule has 3 nitrogen and oxygen atoms in total. The Morgan fingerprint density at radius 3 is 2.23 bits per heavy atom. The largest absolute Gasteiger partial charge is 0.496 e. The van der Waals surface area contributed by atoms with Crippen LogP contribution in [0.25, 0.3) is 0 Å². The number of ether oxygens (including phenoxy) is 1. The number of unbranched alkanes of at least 4 members (excludes halogenated alkanes) is 1. The molecule has 0 spiro atoms. The van der Waals surface area contributed by atoms with Crippen LogP contribution in [0.1, 0.15) is 43.4 Å². The number of aryl methyl sites for hydroxylation is 2. The minimum Gasteiger partial charge on any atom is -0.496 e. The first-order valence-corrected chi connectivity index (χ1v) is 9.41. The summed E-state index contributed by atoms with van der Waals surface area (Å²) in [7, 11) is 1.70. The van der Waals surface area contributed by atoms with E-state index >= 15 is 0 Å². The Kier molecular flexibility index (Phi) is 13.3. The molecule has 0 aliphatic rings. The van der Waals surface area contributed by atoms with Gasteiger partial charge in [0.2, 0.25) is 6.41 Å². The van der Waals surface area contributed by atoms with E-state index in [0.717, 1.165) is 5.75 Å². The molecular weight excluding hydrogens is 397 g/mol. The van der Waals surface area contributed by atoms with E-state index < -0.39 is 0 Å². The van der Waals surface area contributed by atoms with Gasteiger partial charge in [0.15, 0.2) is 0 Å². The molecule has 0 heterocycles. The number of carbonyl (C=O) groups is 1. The number of methoxy groups -OCH3 is 1. The van der Waals surface area contributed by atoms with Crippen LogP contribution in [-0.2, 0) is 11.3 Å². The molecule has 144 valence electrons. The normalized spacial score (nSPS) is 9.19. The van der Waals surface area contributed by atoms with Crippen LogP contribution in [0, 0.1) is 19.7 Å². The molecule has 1 N–H and O–H groups in total. The third kappa shape index (κ3) is 10.2. The molecule has 26 heavy (non-hydrogen) atoms. The van der Waals surface area contributed by atoms with Gasteiger partial charge in [0.05, 0.1) is 7.11 Å². The molecule has 2 aromatic carbocycles. The quantitative estimate of drug-likeness (QED) is 0.600. The van der Waals surface area contributed by atoms with E-state index in [0.29, 0.717) is 16.4 Å². The molecule has 0 aliphatic heterocycles. The highest BCUT2D eigenvalue weighted by molar-refractivity contribution is 9.10. The second-order valence-corrected chi connectivity index (χ2v) is 6.62. The van der Waals surface area contributed by atoms with Crippen molar-refractivity contribution < 1.29 is 13.9 Å². The topological polar surface area (TPSA) is 38.3 Å². The summed E-state index contributed by atoms with van der Waals surface area (Å²) in [4.78, 5) is 9.91. The molecule has 0 saturated carbocycles.